The minimum atomic E-state index is -0.947. The molecule has 162 valence electrons. The SMILES string of the molecule is COc1cc(/C=C2\SC(=S)N(CCCCCC(=O)NCCC(=O)O)C2=O)ccc1O. The van der Waals surface area contributed by atoms with Gasteiger partial charge in [-0.15, -0.1) is 0 Å². The van der Waals surface area contributed by atoms with Gasteiger partial charge in [-0.3, -0.25) is 19.3 Å². The number of aliphatic carboxylic acids is 1. The average molecular weight is 453 g/mol. The number of phenols is 1. The van der Waals surface area contributed by atoms with Crippen LogP contribution in [0.5, 0.6) is 11.5 Å². The van der Waals surface area contributed by atoms with Crippen molar-refractivity contribution in [2.75, 3.05) is 20.2 Å². The van der Waals surface area contributed by atoms with E-state index in [1.54, 1.807) is 23.1 Å². The van der Waals surface area contributed by atoms with Crippen LogP contribution < -0.4 is 10.1 Å². The van der Waals surface area contributed by atoms with E-state index in [-0.39, 0.29) is 30.5 Å². The van der Waals surface area contributed by atoms with E-state index in [9.17, 15) is 19.5 Å². The van der Waals surface area contributed by atoms with Gasteiger partial charge in [0.2, 0.25) is 5.91 Å². The summed E-state index contributed by atoms with van der Waals surface area (Å²) in [5, 5.41) is 20.8. The van der Waals surface area contributed by atoms with Crippen molar-refractivity contribution in [3.8, 4) is 11.5 Å². The Balaban J connectivity index is 1.79. The first-order valence-corrected chi connectivity index (χ1v) is 10.6. The number of benzene rings is 1. The first-order valence-electron chi connectivity index (χ1n) is 9.42. The number of thiocarbonyl (C=S) groups is 1. The monoisotopic (exact) mass is 452 g/mol. The highest BCUT2D eigenvalue weighted by atomic mass is 32.2. The van der Waals surface area contributed by atoms with Crippen LogP contribution in [-0.2, 0) is 14.4 Å². The molecular formula is C20H24N2O6S2. The van der Waals surface area contributed by atoms with E-state index in [1.165, 1.54) is 24.9 Å². The quantitative estimate of drug-likeness (QED) is 0.267. The summed E-state index contributed by atoms with van der Waals surface area (Å²) in [6.45, 7) is 0.603. The molecule has 10 heteroatoms. The fourth-order valence-electron chi connectivity index (χ4n) is 2.76. The molecule has 8 nitrogen and oxygen atoms in total. The van der Waals surface area contributed by atoms with Crippen molar-refractivity contribution in [1.82, 2.24) is 10.2 Å². The number of ether oxygens (including phenoxy) is 1. The molecule has 2 rings (SSSR count). The Hall–Kier alpha value is -2.59. The molecule has 2 amide bonds. The highest BCUT2D eigenvalue weighted by molar-refractivity contribution is 8.26. The van der Waals surface area contributed by atoms with Crippen LogP contribution in [0.3, 0.4) is 0 Å². The predicted octanol–water partition coefficient (Wildman–Crippen LogP) is 2.75. The Bertz CT molecular complexity index is 856. The number of hydrogen-bond acceptors (Lipinski definition) is 7. The number of amides is 2. The normalized spacial score (nSPS) is 15.0. The second-order valence-electron chi connectivity index (χ2n) is 6.57. The van der Waals surface area contributed by atoms with Crippen molar-refractivity contribution in [1.29, 1.82) is 0 Å². The van der Waals surface area contributed by atoms with Crippen LogP contribution >= 0.6 is 24.0 Å². The molecule has 0 radical (unpaired) electrons. The van der Waals surface area contributed by atoms with Gasteiger partial charge in [0.25, 0.3) is 5.91 Å². The first kappa shape index (κ1) is 23.7. The van der Waals surface area contributed by atoms with E-state index in [0.29, 0.717) is 40.8 Å². The Morgan fingerprint density at radius 3 is 2.73 bits per heavy atom. The number of carboxylic acid groups (broad SMARTS) is 1. The molecular weight excluding hydrogens is 428 g/mol. The highest BCUT2D eigenvalue weighted by Gasteiger charge is 2.31. The molecule has 30 heavy (non-hydrogen) atoms. The summed E-state index contributed by atoms with van der Waals surface area (Å²) >= 11 is 6.55. The summed E-state index contributed by atoms with van der Waals surface area (Å²) in [6, 6.07) is 4.83. The number of aromatic hydroxyl groups is 1. The second kappa shape index (κ2) is 11.6. The maximum absolute atomic E-state index is 12.6. The predicted molar refractivity (Wildman–Crippen MR) is 118 cm³/mol. The molecule has 0 bridgehead atoms. The van der Waals surface area contributed by atoms with Gasteiger partial charge in [0.05, 0.1) is 18.4 Å². The van der Waals surface area contributed by atoms with Gasteiger partial charge in [0.15, 0.2) is 11.5 Å². The zero-order valence-corrected chi connectivity index (χ0v) is 18.2. The number of carbonyl (C=O) groups is 3. The smallest absolute Gasteiger partial charge is 0.305 e. The van der Waals surface area contributed by atoms with Crippen LogP contribution in [0.15, 0.2) is 23.1 Å². The number of methoxy groups -OCH3 is 1. The van der Waals surface area contributed by atoms with Crippen LogP contribution in [0.2, 0.25) is 0 Å². The van der Waals surface area contributed by atoms with E-state index in [4.69, 9.17) is 22.1 Å². The minimum Gasteiger partial charge on any atom is -0.504 e. The van der Waals surface area contributed by atoms with Gasteiger partial charge < -0.3 is 20.3 Å². The molecule has 0 unspecified atom stereocenters. The van der Waals surface area contributed by atoms with Crippen LogP contribution in [0.4, 0.5) is 0 Å². The molecule has 0 atom stereocenters. The summed E-state index contributed by atoms with van der Waals surface area (Å²) in [4.78, 5) is 36.7. The van der Waals surface area contributed by atoms with E-state index in [1.807, 2.05) is 0 Å². The summed E-state index contributed by atoms with van der Waals surface area (Å²) in [7, 11) is 1.46. The lowest BCUT2D eigenvalue weighted by Crippen LogP contribution is -2.29. The third-order valence-electron chi connectivity index (χ3n) is 4.32. The number of rotatable bonds is 11. The molecule has 0 spiro atoms. The molecule has 1 fully saturated rings. The molecule has 0 aromatic heterocycles. The Labute approximate surface area is 184 Å². The van der Waals surface area contributed by atoms with Crippen molar-refractivity contribution < 1.29 is 29.3 Å². The number of phenolic OH excluding ortho intramolecular Hbond substituents is 1. The van der Waals surface area contributed by atoms with Crippen LogP contribution in [0.1, 0.15) is 37.7 Å². The number of carbonyl (C=O) groups excluding carboxylic acids is 2. The second-order valence-corrected chi connectivity index (χ2v) is 8.24. The van der Waals surface area contributed by atoms with Crippen molar-refractivity contribution >= 4 is 52.2 Å². The molecule has 1 aromatic carbocycles. The molecule has 1 saturated heterocycles. The minimum absolute atomic E-state index is 0.0257. The van der Waals surface area contributed by atoms with Crippen molar-refractivity contribution in [3.05, 3.63) is 28.7 Å². The topological polar surface area (TPSA) is 116 Å². The summed E-state index contributed by atoms with van der Waals surface area (Å²) in [5.74, 6) is -0.932. The molecule has 1 aliphatic rings. The third-order valence-corrected chi connectivity index (χ3v) is 5.70. The standard InChI is InChI=1S/C20H24N2O6S2/c1-28-15-11-13(6-7-14(15)23)12-16-19(27)22(20(29)30-16)10-4-2-3-5-17(24)21-9-8-18(25)26/h6-7,11-12,23H,2-5,8-10H2,1H3,(H,21,24)(H,25,26)/b16-12-. The van der Waals surface area contributed by atoms with E-state index >= 15 is 0 Å². The van der Waals surface area contributed by atoms with Crippen LogP contribution in [0, 0.1) is 0 Å². The first-order chi connectivity index (χ1) is 14.3. The van der Waals surface area contributed by atoms with Gasteiger partial charge in [0, 0.05) is 19.5 Å². The Morgan fingerprint density at radius 1 is 1.27 bits per heavy atom. The fraction of sp³-hybridized carbons (Fsp3) is 0.400. The largest absolute Gasteiger partial charge is 0.504 e. The van der Waals surface area contributed by atoms with Crippen molar-refractivity contribution in [3.63, 3.8) is 0 Å². The Morgan fingerprint density at radius 2 is 2.03 bits per heavy atom. The molecule has 0 aliphatic carbocycles. The van der Waals surface area contributed by atoms with Crippen molar-refractivity contribution in [2.24, 2.45) is 0 Å². The van der Waals surface area contributed by atoms with Gasteiger partial charge >= 0.3 is 5.97 Å². The maximum atomic E-state index is 12.6. The highest BCUT2D eigenvalue weighted by Crippen LogP contribution is 2.34. The third kappa shape index (κ3) is 7.03. The molecule has 0 saturated carbocycles. The van der Waals surface area contributed by atoms with Gasteiger partial charge in [-0.2, -0.15) is 0 Å². The summed E-state index contributed by atoms with van der Waals surface area (Å²) in [6.07, 6.45) is 4.04. The zero-order valence-electron chi connectivity index (χ0n) is 16.6. The van der Waals surface area contributed by atoms with Gasteiger partial charge in [-0.05, 0) is 36.6 Å². The van der Waals surface area contributed by atoms with E-state index in [2.05, 4.69) is 5.32 Å². The number of hydrogen-bond donors (Lipinski definition) is 3. The lowest BCUT2D eigenvalue weighted by atomic mass is 10.1. The van der Waals surface area contributed by atoms with E-state index in [0.717, 1.165) is 12.0 Å². The van der Waals surface area contributed by atoms with E-state index < -0.39 is 5.97 Å². The summed E-state index contributed by atoms with van der Waals surface area (Å²) in [5.41, 5.74) is 0.721. The maximum Gasteiger partial charge on any atom is 0.305 e. The lowest BCUT2D eigenvalue weighted by Gasteiger charge is -2.14. The molecule has 3 N–H and O–H groups in total. The van der Waals surface area contributed by atoms with Gasteiger partial charge in [0.1, 0.15) is 4.32 Å². The van der Waals surface area contributed by atoms with Crippen LogP contribution in [0.25, 0.3) is 6.08 Å². The van der Waals surface area contributed by atoms with Crippen molar-refractivity contribution in [2.45, 2.75) is 32.1 Å². The number of nitrogens with one attached hydrogen (secondary N) is 1. The van der Waals surface area contributed by atoms with Gasteiger partial charge in [-0.25, -0.2) is 0 Å². The number of nitrogens with zero attached hydrogens (tertiary/aromatic N) is 1. The fourth-order valence-corrected chi connectivity index (χ4v) is 4.07. The molecule has 1 aliphatic heterocycles. The Kier molecular flexibility index (Phi) is 9.13. The van der Waals surface area contributed by atoms with Gasteiger partial charge in [-0.1, -0.05) is 36.5 Å². The van der Waals surface area contributed by atoms with Crippen LogP contribution in [-0.4, -0.2) is 57.4 Å². The average Bonchev–Trinajstić information content (AvgIpc) is 2.96. The number of unbranched alkanes of at least 4 members (excludes halogenated alkanes) is 2. The molecule has 1 heterocycles. The lowest BCUT2D eigenvalue weighted by molar-refractivity contribution is -0.137. The molecule has 1 aromatic rings. The number of carboxylic acids is 1. The summed E-state index contributed by atoms with van der Waals surface area (Å²) < 4.78 is 5.57. The zero-order chi connectivity index (χ0) is 22.1. The number of thioether (sulfide) groups is 1.